The van der Waals surface area contributed by atoms with E-state index in [9.17, 15) is 4.79 Å². The highest BCUT2D eigenvalue weighted by molar-refractivity contribution is 14.1. The molecular formula is C19H28I2O. The first-order valence-corrected chi connectivity index (χ1v) is 11.1. The zero-order chi connectivity index (χ0) is 17.0. The van der Waals surface area contributed by atoms with Gasteiger partial charge in [0.2, 0.25) is 0 Å². The van der Waals surface area contributed by atoms with Crippen molar-refractivity contribution in [1.82, 2.24) is 0 Å². The summed E-state index contributed by atoms with van der Waals surface area (Å²) in [5.74, 6) is 0.460. The third kappa shape index (κ3) is 2.31. The largest absolute Gasteiger partial charge is 0.298 e. The lowest BCUT2D eigenvalue weighted by Crippen LogP contribution is -2.51. The van der Waals surface area contributed by atoms with E-state index in [0.717, 1.165) is 21.7 Å². The maximum absolute atomic E-state index is 13.8. The highest BCUT2D eigenvalue weighted by atomic mass is 127. The van der Waals surface area contributed by atoms with E-state index in [4.69, 9.17) is 0 Å². The van der Waals surface area contributed by atoms with Crippen molar-refractivity contribution in [3.63, 3.8) is 0 Å². The Kier molecular flexibility index (Phi) is 5.04. The van der Waals surface area contributed by atoms with Gasteiger partial charge in [-0.2, -0.15) is 0 Å². The van der Waals surface area contributed by atoms with E-state index in [1.165, 1.54) is 11.1 Å². The highest BCUT2D eigenvalue weighted by Crippen LogP contribution is 2.62. The van der Waals surface area contributed by atoms with Crippen molar-refractivity contribution in [3.8, 4) is 0 Å². The summed E-state index contributed by atoms with van der Waals surface area (Å²) in [4.78, 5) is 13.8. The predicted molar refractivity (Wildman–Crippen MR) is 112 cm³/mol. The first-order chi connectivity index (χ1) is 9.99. The van der Waals surface area contributed by atoms with Crippen LogP contribution in [0.2, 0.25) is 0 Å². The first kappa shape index (κ1) is 18.9. The number of Topliss-reactive ketones (excluding diaryl/α,β-unsaturated/α-hetero) is 1. The second-order valence-corrected chi connectivity index (χ2v) is 9.90. The molecule has 0 saturated heterocycles. The van der Waals surface area contributed by atoms with Crippen LogP contribution in [0, 0.1) is 21.7 Å². The standard InChI is InChI=1S/C19H28I2O/c1-16(2)13(11-20)7-9-18(16,5)15(22)19(6)10-8-14(12-21)17(19,3)4/h7-8H,9-12H2,1-6H3. The van der Waals surface area contributed by atoms with Crippen molar-refractivity contribution in [2.75, 3.05) is 8.86 Å². The Bertz CT molecular complexity index is 508. The van der Waals surface area contributed by atoms with Crippen molar-refractivity contribution in [2.24, 2.45) is 21.7 Å². The van der Waals surface area contributed by atoms with Crippen molar-refractivity contribution >= 4 is 51.0 Å². The Morgan fingerprint density at radius 2 is 1.18 bits per heavy atom. The summed E-state index contributed by atoms with van der Waals surface area (Å²) in [5, 5.41) is 0. The zero-order valence-electron chi connectivity index (χ0n) is 14.6. The fourth-order valence-electron chi connectivity index (χ4n) is 4.19. The summed E-state index contributed by atoms with van der Waals surface area (Å²) in [6, 6.07) is 0. The first-order valence-electron chi connectivity index (χ1n) is 8.05. The molecule has 2 atom stereocenters. The number of halogens is 2. The molecule has 0 aromatic heterocycles. The third-order valence-corrected chi connectivity index (χ3v) is 8.81. The lowest BCUT2D eigenvalue weighted by Gasteiger charge is -2.48. The molecule has 2 rings (SSSR count). The molecule has 0 spiro atoms. The maximum Gasteiger partial charge on any atom is 0.146 e. The van der Waals surface area contributed by atoms with Crippen LogP contribution in [0.3, 0.4) is 0 Å². The molecule has 0 fully saturated rings. The molecule has 22 heavy (non-hydrogen) atoms. The Hall–Kier alpha value is 0.610. The average molecular weight is 526 g/mol. The fourth-order valence-corrected chi connectivity index (χ4v) is 6.72. The fraction of sp³-hybridized carbons (Fsp3) is 0.737. The van der Waals surface area contributed by atoms with Gasteiger partial charge in [-0.1, -0.05) is 110 Å². The molecule has 0 saturated carbocycles. The number of ketones is 1. The quantitative estimate of drug-likeness (QED) is 0.244. The molecule has 1 nitrogen and oxygen atoms in total. The molecule has 0 aromatic rings. The molecule has 2 aliphatic rings. The van der Waals surface area contributed by atoms with Crippen molar-refractivity contribution in [2.45, 2.75) is 54.4 Å². The van der Waals surface area contributed by atoms with Crippen molar-refractivity contribution in [3.05, 3.63) is 23.3 Å². The highest BCUT2D eigenvalue weighted by Gasteiger charge is 2.61. The number of carbonyl (C=O) groups is 1. The van der Waals surface area contributed by atoms with E-state index in [1.807, 2.05) is 0 Å². The smallest absolute Gasteiger partial charge is 0.146 e. The van der Waals surface area contributed by atoms with Gasteiger partial charge in [0.1, 0.15) is 5.78 Å². The van der Waals surface area contributed by atoms with Crippen LogP contribution in [0.25, 0.3) is 0 Å². The lowest BCUT2D eigenvalue weighted by molar-refractivity contribution is -0.146. The molecule has 0 N–H and O–H groups in total. The number of rotatable bonds is 4. The summed E-state index contributed by atoms with van der Waals surface area (Å²) in [6.45, 7) is 13.5. The SMILES string of the molecule is CC1(C)C(CI)=CCC1(C)C(=O)C1(C)CC=C(CI)C1(C)C. The van der Waals surface area contributed by atoms with Gasteiger partial charge in [-0.25, -0.2) is 0 Å². The second kappa shape index (κ2) is 5.85. The van der Waals surface area contributed by atoms with E-state index in [0.29, 0.717) is 5.78 Å². The molecule has 2 aliphatic carbocycles. The minimum atomic E-state index is -0.284. The summed E-state index contributed by atoms with van der Waals surface area (Å²) in [5.41, 5.74) is 2.22. The molecule has 2 unspecified atom stereocenters. The summed E-state index contributed by atoms with van der Waals surface area (Å²) < 4.78 is 2.04. The van der Waals surface area contributed by atoms with Gasteiger partial charge in [0.25, 0.3) is 0 Å². The van der Waals surface area contributed by atoms with Crippen LogP contribution in [-0.4, -0.2) is 14.6 Å². The van der Waals surface area contributed by atoms with Gasteiger partial charge in [-0.3, -0.25) is 4.79 Å². The van der Waals surface area contributed by atoms with Crippen LogP contribution in [0.15, 0.2) is 23.3 Å². The molecule has 124 valence electrons. The number of allylic oxidation sites excluding steroid dienone is 4. The van der Waals surface area contributed by atoms with Gasteiger partial charge in [0, 0.05) is 19.7 Å². The van der Waals surface area contributed by atoms with Gasteiger partial charge < -0.3 is 0 Å². The number of alkyl halides is 2. The Morgan fingerprint density at radius 3 is 1.41 bits per heavy atom. The molecule has 0 aromatic carbocycles. The summed E-state index contributed by atoms with van der Waals surface area (Å²) >= 11 is 4.86. The van der Waals surface area contributed by atoms with Gasteiger partial charge in [-0.15, -0.1) is 0 Å². The monoisotopic (exact) mass is 526 g/mol. The molecule has 3 heteroatoms. The van der Waals surface area contributed by atoms with Crippen molar-refractivity contribution in [1.29, 1.82) is 0 Å². The maximum atomic E-state index is 13.8. The molecule has 0 aliphatic heterocycles. The van der Waals surface area contributed by atoms with Gasteiger partial charge in [0.15, 0.2) is 0 Å². The van der Waals surface area contributed by atoms with Gasteiger partial charge >= 0.3 is 0 Å². The normalized spacial score (nSPS) is 36.2. The number of carbonyl (C=O) groups excluding carboxylic acids is 1. The lowest BCUT2D eigenvalue weighted by atomic mass is 9.53. The van der Waals surface area contributed by atoms with E-state index >= 15 is 0 Å². The molecule has 0 heterocycles. The van der Waals surface area contributed by atoms with Gasteiger partial charge in [0.05, 0.1) is 0 Å². The zero-order valence-corrected chi connectivity index (χ0v) is 19.0. The van der Waals surface area contributed by atoms with Crippen molar-refractivity contribution < 1.29 is 4.79 Å². The number of hydrogen-bond acceptors (Lipinski definition) is 1. The van der Waals surface area contributed by atoms with Crippen LogP contribution >= 0.6 is 45.2 Å². The Balaban J connectivity index is 2.42. The van der Waals surface area contributed by atoms with Crippen LogP contribution in [0.5, 0.6) is 0 Å². The minimum absolute atomic E-state index is 0.0442. The van der Waals surface area contributed by atoms with Crippen LogP contribution in [0.4, 0.5) is 0 Å². The van der Waals surface area contributed by atoms with Crippen LogP contribution in [0.1, 0.15) is 54.4 Å². The Morgan fingerprint density at radius 1 is 0.864 bits per heavy atom. The molecule has 0 radical (unpaired) electrons. The van der Waals surface area contributed by atoms with E-state index < -0.39 is 0 Å². The van der Waals surface area contributed by atoms with Gasteiger partial charge in [-0.05, 0) is 23.7 Å². The predicted octanol–water partition coefficient (Wildman–Crippen LogP) is 6.15. The molecule has 0 bridgehead atoms. The van der Waals surface area contributed by atoms with E-state index in [1.54, 1.807) is 0 Å². The molecular weight excluding hydrogens is 498 g/mol. The van der Waals surface area contributed by atoms with E-state index in [-0.39, 0.29) is 21.7 Å². The number of hydrogen-bond donors (Lipinski definition) is 0. The van der Waals surface area contributed by atoms with Crippen LogP contribution in [-0.2, 0) is 4.79 Å². The summed E-state index contributed by atoms with van der Waals surface area (Å²) in [7, 11) is 0. The minimum Gasteiger partial charge on any atom is -0.298 e. The molecule has 0 amide bonds. The third-order valence-electron chi connectivity index (χ3n) is 7.17. The van der Waals surface area contributed by atoms with E-state index in [2.05, 4.69) is 98.9 Å². The average Bonchev–Trinajstić information content (AvgIpc) is 2.82. The summed E-state index contributed by atoms with van der Waals surface area (Å²) in [6.07, 6.45) is 6.43. The second-order valence-electron chi connectivity index (χ2n) is 8.38. The Labute approximate surface area is 163 Å². The topological polar surface area (TPSA) is 17.1 Å². The van der Waals surface area contributed by atoms with Crippen LogP contribution < -0.4 is 0 Å².